The summed E-state index contributed by atoms with van der Waals surface area (Å²) < 4.78 is 10.6. The number of amides is 1. The van der Waals surface area contributed by atoms with Gasteiger partial charge < -0.3 is 19.5 Å². The van der Waals surface area contributed by atoms with Crippen molar-refractivity contribution in [3.63, 3.8) is 0 Å². The summed E-state index contributed by atoms with van der Waals surface area (Å²) in [5, 5.41) is 11.0. The molecule has 1 N–H and O–H groups in total. The molecule has 3 rings (SSSR count). The van der Waals surface area contributed by atoms with Crippen LogP contribution in [0.5, 0.6) is 5.75 Å². The highest BCUT2D eigenvalue weighted by Gasteiger charge is 2.45. The summed E-state index contributed by atoms with van der Waals surface area (Å²) in [5.74, 6) is -1.01. The number of Topliss-reactive ketones (excluding diaryl/α,β-unsaturated/α-hetero) is 1. The Balaban J connectivity index is 2.08. The van der Waals surface area contributed by atoms with Crippen molar-refractivity contribution in [1.29, 1.82) is 0 Å². The van der Waals surface area contributed by atoms with Crippen LogP contribution in [0.1, 0.15) is 30.5 Å². The van der Waals surface area contributed by atoms with Crippen molar-refractivity contribution in [2.75, 3.05) is 26.9 Å². The lowest BCUT2D eigenvalue weighted by molar-refractivity contribution is -0.140. The van der Waals surface area contributed by atoms with Crippen LogP contribution in [0.4, 0.5) is 0 Å². The van der Waals surface area contributed by atoms with Gasteiger partial charge in [0.05, 0.1) is 18.2 Å². The first-order valence-corrected chi connectivity index (χ1v) is 9.49. The Hall–Kier alpha value is -3.19. The number of hydrogen-bond acceptors (Lipinski definition) is 6. The highest BCUT2D eigenvalue weighted by Crippen LogP contribution is 2.39. The molecule has 1 aromatic carbocycles. The Kier molecular flexibility index (Phi) is 6.61. The van der Waals surface area contributed by atoms with E-state index in [-0.39, 0.29) is 11.3 Å². The van der Waals surface area contributed by atoms with E-state index in [0.717, 1.165) is 0 Å². The SMILES string of the molecule is CCOc1cccc(/C(O)=C2\C(=O)C(=O)N(CCCOC)C2c2cccnc2)c1. The molecular formula is C22H24N2O5. The standard InChI is InChI=1S/C22H24N2O5/c1-3-29-17-9-4-7-15(13-17)20(25)18-19(16-8-5-10-23-14-16)24(11-6-12-28-2)22(27)21(18)26/h4-5,7-10,13-14,19,25H,3,6,11-12H2,1-2H3/b20-18+. The zero-order valence-electron chi connectivity index (χ0n) is 16.5. The number of hydrogen-bond donors (Lipinski definition) is 1. The van der Waals surface area contributed by atoms with E-state index in [4.69, 9.17) is 9.47 Å². The predicted molar refractivity (Wildman–Crippen MR) is 107 cm³/mol. The number of aliphatic hydroxyl groups is 1. The van der Waals surface area contributed by atoms with Crippen LogP contribution in [0, 0.1) is 0 Å². The number of benzene rings is 1. The third kappa shape index (κ3) is 4.30. The second-order valence-electron chi connectivity index (χ2n) is 6.59. The van der Waals surface area contributed by atoms with Crippen LogP contribution in [-0.4, -0.2) is 53.5 Å². The molecule has 2 heterocycles. The summed E-state index contributed by atoms with van der Waals surface area (Å²) in [6.45, 7) is 3.12. The van der Waals surface area contributed by atoms with Gasteiger partial charge in [0.25, 0.3) is 11.7 Å². The van der Waals surface area contributed by atoms with Gasteiger partial charge in [-0.05, 0) is 37.1 Å². The number of methoxy groups -OCH3 is 1. The summed E-state index contributed by atoms with van der Waals surface area (Å²) in [6.07, 6.45) is 3.79. The molecule has 152 valence electrons. The van der Waals surface area contributed by atoms with Gasteiger partial charge in [-0.3, -0.25) is 14.6 Å². The van der Waals surface area contributed by atoms with E-state index in [1.165, 1.54) is 4.90 Å². The fourth-order valence-electron chi connectivity index (χ4n) is 3.43. The van der Waals surface area contributed by atoms with Gasteiger partial charge in [-0.25, -0.2) is 0 Å². The molecule has 0 saturated carbocycles. The highest BCUT2D eigenvalue weighted by atomic mass is 16.5. The molecule has 0 bridgehead atoms. The van der Waals surface area contributed by atoms with Gasteiger partial charge in [0.2, 0.25) is 0 Å². The third-order valence-electron chi connectivity index (χ3n) is 4.71. The van der Waals surface area contributed by atoms with Crippen molar-refractivity contribution in [3.8, 4) is 5.75 Å². The van der Waals surface area contributed by atoms with Crippen LogP contribution in [0.25, 0.3) is 5.76 Å². The first-order chi connectivity index (χ1) is 14.1. The molecule has 1 unspecified atom stereocenters. The molecule has 1 fully saturated rings. The quantitative estimate of drug-likeness (QED) is 0.319. The number of pyridine rings is 1. The van der Waals surface area contributed by atoms with Gasteiger partial charge in [-0.15, -0.1) is 0 Å². The Morgan fingerprint density at radius 3 is 2.76 bits per heavy atom. The zero-order chi connectivity index (χ0) is 20.8. The third-order valence-corrected chi connectivity index (χ3v) is 4.71. The number of aliphatic hydroxyl groups excluding tert-OH is 1. The number of carbonyl (C=O) groups excluding carboxylic acids is 2. The molecular weight excluding hydrogens is 372 g/mol. The van der Waals surface area contributed by atoms with E-state index in [1.54, 1.807) is 55.9 Å². The largest absolute Gasteiger partial charge is 0.507 e. The van der Waals surface area contributed by atoms with Gasteiger partial charge in [-0.2, -0.15) is 0 Å². The summed E-state index contributed by atoms with van der Waals surface area (Å²) >= 11 is 0. The van der Waals surface area contributed by atoms with E-state index in [1.807, 2.05) is 6.92 Å². The number of ether oxygens (including phenoxy) is 2. The molecule has 1 aromatic heterocycles. The number of nitrogens with zero attached hydrogens (tertiary/aromatic N) is 2. The van der Waals surface area contributed by atoms with Crippen molar-refractivity contribution in [2.45, 2.75) is 19.4 Å². The van der Waals surface area contributed by atoms with Gasteiger partial charge in [0.1, 0.15) is 11.5 Å². The van der Waals surface area contributed by atoms with Crippen LogP contribution in [0.3, 0.4) is 0 Å². The molecule has 0 aliphatic carbocycles. The topological polar surface area (TPSA) is 89.0 Å². The van der Waals surface area contributed by atoms with E-state index < -0.39 is 17.7 Å². The Morgan fingerprint density at radius 1 is 1.24 bits per heavy atom. The molecule has 29 heavy (non-hydrogen) atoms. The summed E-state index contributed by atoms with van der Waals surface area (Å²) in [5.41, 5.74) is 1.13. The number of rotatable bonds is 8. The number of carbonyl (C=O) groups is 2. The molecule has 2 aromatic rings. The number of aromatic nitrogens is 1. The lowest BCUT2D eigenvalue weighted by Gasteiger charge is -2.25. The summed E-state index contributed by atoms with van der Waals surface area (Å²) in [7, 11) is 1.58. The van der Waals surface area contributed by atoms with Crippen molar-refractivity contribution in [1.82, 2.24) is 9.88 Å². The Labute approximate surface area is 169 Å². The van der Waals surface area contributed by atoms with Crippen molar-refractivity contribution in [3.05, 3.63) is 65.5 Å². The van der Waals surface area contributed by atoms with Gasteiger partial charge in [-0.1, -0.05) is 18.2 Å². The fraction of sp³-hybridized carbons (Fsp3) is 0.318. The van der Waals surface area contributed by atoms with Gasteiger partial charge >= 0.3 is 0 Å². The fourth-order valence-corrected chi connectivity index (χ4v) is 3.43. The zero-order valence-corrected chi connectivity index (χ0v) is 16.5. The average molecular weight is 396 g/mol. The highest BCUT2D eigenvalue weighted by molar-refractivity contribution is 6.46. The molecule has 0 radical (unpaired) electrons. The molecule has 1 amide bonds. The molecule has 1 aliphatic heterocycles. The first-order valence-electron chi connectivity index (χ1n) is 9.49. The molecule has 7 heteroatoms. The Bertz CT molecular complexity index is 910. The maximum Gasteiger partial charge on any atom is 0.295 e. The maximum atomic E-state index is 12.9. The molecule has 1 saturated heterocycles. The molecule has 1 aliphatic rings. The summed E-state index contributed by atoms with van der Waals surface area (Å²) in [6, 6.07) is 9.64. The minimum Gasteiger partial charge on any atom is -0.507 e. The number of likely N-dealkylation sites (tertiary alicyclic amines) is 1. The minimum absolute atomic E-state index is 0.0501. The molecule has 1 atom stereocenters. The number of ketones is 1. The van der Waals surface area contributed by atoms with Crippen LogP contribution < -0.4 is 4.74 Å². The minimum atomic E-state index is -0.712. The molecule has 7 nitrogen and oxygen atoms in total. The van der Waals surface area contributed by atoms with E-state index in [9.17, 15) is 14.7 Å². The van der Waals surface area contributed by atoms with Crippen LogP contribution in [0.15, 0.2) is 54.4 Å². The van der Waals surface area contributed by atoms with Crippen LogP contribution in [-0.2, 0) is 14.3 Å². The van der Waals surface area contributed by atoms with Crippen molar-refractivity contribution < 1.29 is 24.2 Å². The second kappa shape index (κ2) is 9.34. The van der Waals surface area contributed by atoms with Crippen molar-refractivity contribution >= 4 is 17.4 Å². The van der Waals surface area contributed by atoms with E-state index >= 15 is 0 Å². The second-order valence-corrected chi connectivity index (χ2v) is 6.59. The van der Waals surface area contributed by atoms with Crippen molar-refractivity contribution in [2.24, 2.45) is 0 Å². The van der Waals surface area contributed by atoms with E-state index in [2.05, 4.69) is 4.98 Å². The lowest BCUT2D eigenvalue weighted by atomic mass is 9.96. The summed E-state index contributed by atoms with van der Waals surface area (Å²) in [4.78, 5) is 31.2. The first kappa shape index (κ1) is 20.5. The van der Waals surface area contributed by atoms with Gasteiger partial charge in [0.15, 0.2) is 0 Å². The maximum absolute atomic E-state index is 12.9. The lowest BCUT2D eigenvalue weighted by Crippen LogP contribution is -2.31. The predicted octanol–water partition coefficient (Wildman–Crippen LogP) is 2.94. The molecule has 0 spiro atoms. The van der Waals surface area contributed by atoms with E-state index in [0.29, 0.717) is 43.1 Å². The smallest absolute Gasteiger partial charge is 0.295 e. The Morgan fingerprint density at radius 2 is 2.07 bits per heavy atom. The average Bonchev–Trinajstić information content (AvgIpc) is 2.99. The van der Waals surface area contributed by atoms with Crippen LogP contribution in [0.2, 0.25) is 0 Å². The normalized spacial score (nSPS) is 18.3. The van der Waals surface area contributed by atoms with Gasteiger partial charge in [0, 0.05) is 38.2 Å². The van der Waals surface area contributed by atoms with Crippen LogP contribution >= 0.6 is 0 Å². The monoisotopic (exact) mass is 396 g/mol.